The van der Waals surface area contributed by atoms with E-state index in [0.29, 0.717) is 11.1 Å². The number of phenolic OH excluding ortho intramolecular Hbond substituents is 2. The highest BCUT2D eigenvalue weighted by Gasteiger charge is 2.51. The van der Waals surface area contributed by atoms with Crippen LogP contribution in [0.3, 0.4) is 0 Å². The number of aromatic hydroxyl groups is 2. The van der Waals surface area contributed by atoms with Crippen LogP contribution in [0.25, 0.3) is 21.5 Å². The molecule has 4 atom stereocenters. The molecule has 0 spiro atoms. The van der Waals surface area contributed by atoms with Crippen molar-refractivity contribution in [3.63, 3.8) is 0 Å². The summed E-state index contributed by atoms with van der Waals surface area (Å²) >= 11 is 0. The van der Waals surface area contributed by atoms with Crippen molar-refractivity contribution in [3.05, 3.63) is 83.9 Å². The minimum absolute atomic E-state index is 0.135. The summed E-state index contributed by atoms with van der Waals surface area (Å²) in [5.41, 5.74) is 0.754. The second-order valence-electron chi connectivity index (χ2n) is 8.98. The third kappa shape index (κ3) is 4.10. The molecule has 4 aromatic rings. The van der Waals surface area contributed by atoms with Crippen molar-refractivity contribution in [3.8, 4) is 11.5 Å². The Kier molecular flexibility index (Phi) is 5.47. The van der Waals surface area contributed by atoms with E-state index < -0.39 is 36.4 Å². The maximum absolute atomic E-state index is 12.8. The zero-order valence-electron chi connectivity index (χ0n) is 19.0. The van der Waals surface area contributed by atoms with Gasteiger partial charge in [0.1, 0.15) is 23.7 Å². The Morgan fingerprint density at radius 3 is 1.44 bits per heavy atom. The molecule has 182 valence electrons. The molecule has 0 unspecified atom stereocenters. The quantitative estimate of drug-likeness (QED) is 0.417. The van der Waals surface area contributed by atoms with Crippen LogP contribution in [-0.4, -0.2) is 59.8 Å². The lowest BCUT2D eigenvalue weighted by Gasteiger charge is -2.17. The fraction of sp³-hybridized carbons (Fsp3) is 0.214. The summed E-state index contributed by atoms with van der Waals surface area (Å²) in [5, 5.41) is 22.5. The Balaban J connectivity index is 1.11. The summed E-state index contributed by atoms with van der Waals surface area (Å²) in [7, 11) is 0. The Morgan fingerprint density at radius 1 is 0.611 bits per heavy atom. The van der Waals surface area contributed by atoms with E-state index in [0.717, 1.165) is 21.5 Å². The fourth-order valence-electron chi connectivity index (χ4n) is 4.76. The van der Waals surface area contributed by atoms with Gasteiger partial charge < -0.3 is 29.2 Å². The van der Waals surface area contributed by atoms with E-state index in [2.05, 4.69) is 0 Å². The molecule has 8 nitrogen and oxygen atoms in total. The predicted molar refractivity (Wildman–Crippen MR) is 129 cm³/mol. The molecule has 4 aromatic carbocycles. The van der Waals surface area contributed by atoms with Crippen molar-refractivity contribution in [2.24, 2.45) is 0 Å². The van der Waals surface area contributed by atoms with Crippen LogP contribution < -0.4 is 0 Å². The van der Waals surface area contributed by atoms with Gasteiger partial charge in [-0.15, -0.1) is 0 Å². The first-order valence-corrected chi connectivity index (χ1v) is 11.6. The first-order valence-electron chi connectivity index (χ1n) is 11.6. The monoisotopic (exact) mass is 486 g/mol. The number of fused-ring (bicyclic) bond motifs is 3. The van der Waals surface area contributed by atoms with Crippen LogP contribution >= 0.6 is 0 Å². The Hall–Kier alpha value is -4.14. The topological polar surface area (TPSA) is 112 Å². The zero-order chi connectivity index (χ0) is 24.8. The van der Waals surface area contributed by atoms with Crippen LogP contribution in [0.1, 0.15) is 20.7 Å². The number of carbonyl (C=O) groups excluding carboxylic acids is 2. The van der Waals surface area contributed by atoms with Crippen molar-refractivity contribution >= 4 is 33.5 Å². The lowest BCUT2D eigenvalue weighted by molar-refractivity contribution is -0.0287. The molecule has 0 aliphatic carbocycles. The fourth-order valence-corrected chi connectivity index (χ4v) is 4.76. The number of esters is 2. The normalized spacial score (nSPS) is 23.0. The average molecular weight is 486 g/mol. The summed E-state index contributed by atoms with van der Waals surface area (Å²) < 4.78 is 23.0. The molecule has 8 heteroatoms. The van der Waals surface area contributed by atoms with E-state index in [-0.39, 0.29) is 24.7 Å². The molecule has 2 heterocycles. The smallest absolute Gasteiger partial charge is 0.338 e. The Labute approximate surface area is 205 Å². The summed E-state index contributed by atoms with van der Waals surface area (Å²) in [6.07, 6.45) is -2.34. The highest BCUT2D eigenvalue weighted by molar-refractivity contribution is 5.96. The maximum Gasteiger partial charge on any atom is 0.338 e. The minimum atomic E-state index is -0.630. The highest BCUT2D eigenvalue weighted by Crippen LogP contribution is 2.32. The standard InChI is InChI=1S/C28H22O8/c29-21-7-5-15-9-19(3-1-17(15)11-21)27(31)35-23-13-33-26-24(14-34-25(23)26)36-28(32)20-4-2-18-12-22(30)8-6-16(18)10-20/h1-12,23-26,29-30H,13-14H2/t23-,24+,25-,26-/m1/s1. The van der Waals surface area contributed by atoms with E-state index in [1.165, 1.54) is 0 Å². The third-order valence-corrected chi connectivity index (χ3v) is 6.60. The molecule has 6 rings (SSSR count). The SMILES string of the molecule is O=C(O[C@H]1CO[C@H]2[C@@H]1OC[C@H]2OC(=O)c1ccc2cc(O)ccc2c1)c1ccc2cc(O)ccc2c1. The summed E-state index contributed by atoms with van der Waals surface area (Å²) in [5.74, 6) is -0.709. The maximum atomic E-state index is 12.8. The molecule has 2 aliphatic rings. The molecule has 0 bridgehead atoms. The summed E-state index contributed by atoms with van der Waals surface area (Å²) in [6, 6.07) is 20.0. The van der Waals surface area contributed by atoms with Gasteiger partial charge in [-0.3, -0.25) is 0 Å². The predicted octanol–water partition coefficient (Wildman–Crippen LogP) is 3.95. The molecular formula is C28H22O8. The van der Waals surface area contributed by atoms with Gasteiger partial charge in [0.15, 0.2) is 12.2 Å². The molecule has 2 saturated heterocycles. The molecule has 2 fully saturated rings. The van der Waals surface area contributed by atoms with Crippen molar-refractivity contribution in [2.75, 3.05) is 13.2 Å². The molecular weight excluding hydrogens is 464 g/mol. The van der Waals surface area contributed by atoms with E-state index in [9.17, 15) is 19.8 Å². The summed E-state index contributed by atoms with van der Waals surface area (Å²) in [6.45, 7) is 0.270. The van der Waals surface area contributed by atoms with Crippen molar-refractivity contribution in [2.45, 2.75) is 24.4 Å². The molecule has 0 aromatic heterocycles. The summed E-state index contributed by atoms with van der Waals surface area (Å²) in [4.78, 5) is 25.6. The van der Waals surface area contributed by atoms with Crippen LogP contribution in [-0.2, 0) is 18.9 Å². The highest BCUT2D eigenvalue weighted by atomic mass is 16.7. The van der Waals surface area contributed by atoms with E-state index in [4.69, 9.17) is 18.9 Å². The van der Waals surface area contributed by atoms with Crippen molar-refractivity contribution < 1.29 is 38.7 Å². The van der Waals surface area contributed by atoms with E-state index in [1.807, 2.05) is 0 Å². The Morgan fingerprint density at radius 2 is 1.00 bits per heavy atom. The van der Waals surface area contributed by atoms with Gasteiger partial charge in [-0.05, 0) is 70.1 Å². The lowest BCUT2D eigenvalue weighted by Crippen LogP contribution is -2.36. The van der Waals surface area contributed by atoms with Gasteiger partial charge >= 0.3 is 11.9 Å². The van der Waals surface area contributed by atoms with Crippen LogP contribution in [0.15, 0.2) is 72.8 Å². The minimum Gasteiger partial charge on any atom is -0.508 e. The van der Waals surface area contributed by atoms with Crippen molar-refractivity contribution in [1.29, 1.82) is 0 Å². The molecule has 0 amide bonds. The van der Waals surface area contributed by atoms with Crippen molar-refractivity contribution in [1.82, 2.24) is 0 Å². The van der Waals surface area contributed by atoms with Gasteiger partial charge in [-0.1, -0.05) is 24.3 Å². The van der Waals surface area contributed by atoms with Crippen LogP contribution in [0.2, 0.25) is 0 Å². The van der Waals surface area contributed by atoms with Crippen LogP contribution in [0, 0.1) is 0 Å². The largest absolute Gasteiger partial charge is 0.508 e. The molecule has 36 heavy (non-hydrogen) atoms. The number of carbonyl (C=O) groups is 2. The number of benzene rings is 4. The van der Waals surface area contributed by atoms with Gasteiger partial charge in [0, 0.05) is 0 Å². The Bertz CT molecular complexity index is 1380. The number of hydrogen-bond acceptors (Lipinski definition) is 8. The number of rotatable bonds is 4. The first kappa shape index (κ1) is 22.3. The average Bonchev–Trinajstić information content (AvgIpc) is 3.46. The second-order valence-corrected chi connectivity index (χ2v) is 8.98. The van der Waals surface area contributed by atoms with Gasteiger partial charge in [0.05, 0.1) is 24.3 Å². The zero-order valence-corrected chi connectivity index (χ0v) is 19.0. The molecule has 0 saturated carbocycles. The van der Waals surface area contributed by atoms with Gasteiger partial charge in [0.25, 0.3) is 0 Å². The number of hydrogen-bond donors (Lipinski definition) is 2. The van der Waals surface area contributed by atoms with E-state index >= 15 is 0 Å². The lowest BCUT2D eigenvalue weighted by atomic mass is 10.1. The third-order valence-electron chi connectivity index (χ3n) is 6.60. The van der Waals surface area contributed by atoms with Gasteiger partial charge in [-0.2, -0.15) is 0 Å². The van der Waals surface area contributed by atoms with Crippen LogP contribution in [0.5, 0.6) is 11.5 Å². The number of ether oxygens (including phenoxy) is 4. The van der Waals surface area contributed by atoms with Gasteiger partial charge in [-0.25, -0.2) is 9.59 Å². The molecule has 2 N–H and O–H groups in total. The second kappa shape index (κ2) is 8.82. The first-order chi connectivity index (χ1) is 17.4. The van der Waals surface area contributed by atoms with Gasteiger partial charge in [0.2, 0.25) is 0 Å². The van der Waals surface area contributed by atoms with E-state index in [1.54, 1.807) is 72.8 Å². The van der Waals surface area contributed by atoms with Crippen LogP contribution in [0.4, 0.5) is 0 Å². The number of phenols is 2. The molecule has 0 radical (unpaired) electrons. The molecule has 2 aliphatic heterocycles.